The maximum atomic E-state index is 13.3. The molecule has 2 fully saturated rings. The largest absolute Gasteiger partial charge is 0.367 e. The summed E-state index contributed by atoms with van der Waals surface area (Å²) >= 11 is 0. The minimum atomic E-state index is -0.327. The second kappa shape index (κ2) is 8.68. The van der Waals surface area contributed by atoms with E-state index in [0.717, 1.165) is 36.8 Å². The smallest absolute Gasteiger partial charge is 0.123 e. The molecule has 0 amide bonds. The van der Waals surface area contributed by atoms with E-state index in [0.29, 0.717) is 12.6 Å². The van der Waals surface area contributed by atoms with Crippen LogP contribution in [0.5, 0.6) is 0 Å². The van der Waals surface area contributed by atoms with Gasteiger partial charge in [0.2, 0.25) is 0 Å². The first-order valence-electron chi connectivity index (χ1n) is 10.2. The summed E-state index contributed by atoms with van der Waals surface area (Å²) in [5, 5.41) is 0. The Morgan fingerprint density at radius 2 is 1.46 bits per heavy atom. The third-order valence-corrected chi connectivity index (χ3v) is 6.27. The summed E-state index contributed by atoms with van der Waals surface area (Å²) < 4.78 is 32.9. The number of hydrogen-bond acceptors (Lipinski definition) is 3. The molecule has 2 heterocycles. The predicted octanol–water partition coefficient (Wildman–Crippen LogP) is 4.24. The van der Waals surface area contributed by atoms with Crippen LogP contribution in [0.15, 0.2) is 48.5 Å². The second-order valence-corrected chi connectivity index (χ2v) is 7.99. The molecule has 2 aliphatic rings. The average Bonchev–Trinajstić information content (AvgIpc) is 2.95. The van der Waals surface area contributed by atoms with E-state index in [9.17, 15) is 8.78 Å². The summed E-state index contributed by atoms with van der Waals surface area (Å²) in [6.07, 6.45) is 3.49. The molecule has 0 saturated carbocycles. The maximum Gasteiger partial charge on any atom is 0.123 e. The van der Waals surface area contributed by atoms with Gasteiger partial charge in [-0.3, -0.25) is 9.80 Å². The number of rotatable bonds is 6. The second-order valence-electron chi connectivity index (χ2n) is 7.99. The van der Waals surface area contributed by atoms with Crippen LogP contribution in [0.4, 0.5) is 8.78 Å². The van der Waals surface area contributed by atoms with E-state index in [-0.39, 0.29) is 17.7 Å². The van der Waals surface area contributed by atoms with Gasteiger partial charge in [-0.15, -0.1) is 0 Å². The van der Waals surface area contributed by atoms with Crippen LogP contribution in [0.25, 0.3) is 0 Å². The van der Waals surface area contributed by atoms with Gasteiger partial charge in [-0.2, -0.15) is 0 Å². The Balaban J connectivity index is 1.41. The van der Waals surface area contributed by atoms with Gasteiger partial charge in [-0.25, -0.2) is 8.78 Å². The Bertz CT molecular complexity index is 720. The van der Waals surface area contributed by atoms with E-state index in [1.54, 1.807) is 24.3 Å². The lowest BCUT2D eigenvalue weighted by Crippen LogP contribution is -2.38. The summed E-state index contributed by atoms with van der Waals surface area (Å²) in [6, 6.07) is 14.1. The van der Waals surface area contributed by atoms with Crippen molar-refractivity contribution in [3.05, 3.63) is 71.3 Å². The lowest BCUT2D eigenvalue weighted by atomic mass is 10.0. The third kappa shape index (κ3) is 4.43. The molecule has 150 valence electrons. The van der Waals surface area contributed by atoms with Crippen LogP contribution in [0, 0.1) is 11.6 Å². The van der Waals surface area contributed by atoms with Gasteiger partial charge in [0.05, 0.1) is 6.61 Å². The highest BCUT2D eigenvalue weighted by molar-refractivity contribution is 5.30. The zero-order chi connectivity index (χ0) is 19.5. The van der Waals surface area contributed by atoms with Crippen LogP contribution in [-0.2, 0) is 4.74 Å². The van der Waals surface area contributed by atoms with E-state index in [2.05, 4.69) is 16.8 Å². The number of fused-ring (bicyclic) bond motifs is 2. The lowest BCUT2D eigenvalue weighted by molar-refractivity contribution is 0.0578. The Morgan fingerprint density at radius 3 is 2.07 bits per heavy atom. The molecule has 2 aliphatic heterocycles. The quantitative estimate of drug-likeness (QED) is 0.739. The highest BCUT2D eigenvalue weighted by Crippen LogP contribution is 2.29. The molecule has 2 aromatic carbocycles. The molecule has 0 aromatic heterocycles. The third-order valence-electron chi connectivity index (χ3n) is 6.27. The SMILES string of the molecule is CN1[C@@H]2CC[C@@H]1CN(CCOC(c1ccc(F)cc1)c1ccc(F)cc1)CC2. The van der Waals surface area contributed by atoms with Crippen LogP contribution < -0.4 is 0 Å². The molecule has 4 rings (SSSR count). The van der Waals surface area contributed by atoms with Crippen molar-refractivity contribution in [2.45, 2.75) is 37.5 Å². The summed E-state index contributed by atoms with van der Waals surface area (Å²) in [6.45, 7) is 3.65. The zero-order valence-corrected chi connectivity index (χ0v) is 16.4. The van der Waals surface area contributed by atoms with Gasteiger partial charge in [0.25, 0.3) is 0 Å². The normalized spacial score (nSPS) is 23.3. The number of halogens is 2. The summed E-state index contributed by atoms with van der Waals surface area (Å²) in [5.74, 6) is -0.546. The fourth-order valence-corrected chi connectivity index (χ4v) is 4.54. The number of likely N-dealkylation sites (tertiary alicyclic amines) is 1. The molecular formula is C23H28F2N2O. The van der Waals surface area contributed by atoms with E-state index < -0.39 is 0 Å². The summed E-state index contributed by atoms with van der Waals surface area (Å²) in [5.41, 5.74) is 1.75. The minimum absolute atomic E-state index is 0.273. The number of hydrogen-bond donors (Lipinski definition) is 0. The van der Waals surface area contributed by atoms with E-state index in [1.165, 1.54) is 43.5 Å². The van der Waals surface area contributed by atoms with E-state index in [1.807, 2.05) is 0 Å². The monoisotopic (exact) mass is 386 g/mol. The molecule has 3 nitrogen and oxygen atoms in total. The Labute approximate surface area is 165 Å². The summed E-state index contributed by atoms with van der Waals surface area (Å²) in [4.78, 5) is 5.04. The predicted molar refractivity (Wildman–Crippen MR) is 106 cm³/mol. The number of likely N-dealkylation sites (N-methyl/N-ethyl adjacent to an activating group) is 1. The highest BCUT2D eigenvalue weighted by Gasteiger charge is 2.34. The first kappa shape index (κ1) is 19.5. The molecule has 0 radical (unpaired) electrons. The van der Waals surface area contributed by atoms with Crippen molar-refractivity contribution in [1.82, 2.24) is 9.80 Å². The van der Waals surface area contributed by atoms with Gasteiger partial charge < -0.3 is 4.74 Å². The molecule has 2 atom stereocenters. The van der Waals surface area contributed by atoms with Crippen molar-refractivity contribution >= 4 is 0 Å². The van der Waals surface area contributed by atoms with Gasteiger partial charge >= 0.3 is 0 Å². The molecule has 0 unspecified atom stereocenters. The van der Waals surface area contributed by atoms with Crippen molar-refractivity contribution in [1.29, 1.82) is 0 Å². The van der Waals surface area contributed by atoms with Gasteiger partial charge in [0, 0.05) is 25.2 Å². The number of benzene rings is 2. The fraction of sp³-hybridized carbons (Fsp3) is 0.478. The minimum Gasteiger partial charge on any atom is -0.367 e. The van der Waals surface area contributed by atoms with Crippen LogP contribution in [0.3, 0.4) is 0 Å². The highest BCUT2D eigenvalue weighted by atomic mass is 19.1. The van der Waals surface area contributed by atoms with Gasteiger partial charge in [0.1, 0.15) is 17.7 Å². The summed E-state index contributed by atoms with van der Waals surface area (Å²) in [7, 11) is 2.25. The van der Waals surface area contributed by atoms with Crippen molar-refractivity contribution in [3.63, 3.8) is 0 Å². The molecular weight excluding hydrogens is 358 g/mol. The molecule has 5 heteroatoms. The Morgan fingerprint density at radius 1 is 0.893 bits per heavy atom. The fourth-order valence-electron chi connectivity index (χ4n) is 4.54. The standard InChI is InChI=1S/C23H28F2N2O/c1-26-21-10-11-22(26)16-27(13-12-21)14-15-28-23(17-2-6-19(24)7-3-17)18-4-8-20(25)9-5-18/h2-9,21-23H,10-16H2,1H3/t21-,22-/m1/s1. The van der Waals surface area contributed by atoms with Crippen molar-refractivity contribution in [2.24, 2.45) is 0 Å². The molecule has 2 aromatic rings. The van der Waals surface area contributed by atoms with Crippen LogP contribution in [0.1, 0.15) is 36.5 Å². The Kier molecular flexibility index (Phi) is 6.04. The molecule has 28 heavy (non-hydrogen) atoms. The van der Waals surface area contributed by atoms with Gasteiger partial charge in [0.15, 0.2) is 0 Å². The first-order valence-corrected chi connectivity index (χ1v) is 10.2. The van der Waals surface area contributed by atoms with Crippen molar-refractivity contribution in [2.75, 3.05) is 33.3 Å². The lowest BCUT2D eigenvalue weighted by Gasteiger charge is -2.26. The molecule has 0 spiro atoms. The molecule has 2 saturated heterocycles. The first-order chi connectivity index (χ1) is 13.6. The number of ether oxygens (including phenoxy) is 1. The topological polar surface area (TPSA) is 15.7 Å². The van der Waals surface area contributed by atoms with Gasteiger partial charge in [-0.05, 0) is 68.2 Å². The number of nitrogens with zero attached hydrogens (tertiary/aromatic N) is 2. The van der Waals surface area contributed by atoms with Crippen molar-refractivity contribution < 1.29 is 13.5 Å². The van der Waals surface area contributed by atoms with Crippen molar-refractivity contribution in [3.8, 4) is 0 Å². The van der Waals surface area contributed by atoms with E-state index in [4.69, 9.17) is 4.74 Å². The van der Waals surface area contributed by atoms with Gasteiger partial charge in [-0.1, -0.05) is 24.3 Å². The van der Waals surface area contributed by atoms with Crippen LogP contribution >= 0.6 is 0 Å². The van der Waals surface area contributed by atoms with Crippen LogP contribution in [0.2, 0.25) is 0 Å². The molecule has 0 N–H and O–H groups in total. The van der Waals surface area contributed by atoms with Crippen LogP contribution in [-0.4, -0.2) is 55.2 Å². The average molecular weight is 386 g/mol. The Hall–Kier alpha value is -1.82. The molecule has 2 bridgehead atoms. The zero-order valence-electron chi connectivity index (χ0n) is 16.4. The molecule has 0 aliphatic carbocycles. The van der Waals surface area contributed by atoms with E-state index >= 15 is 0 Å². The maximum absolute atomic E-state index is 13.3.